The summed E-state index contributed by atoms with van der Waals surface area (Å²) >= 11 is 0. The Labute approximate surface area is 221 Å². The first-order chi connectivity index (χ1) is 18.4. The number of phenols is 1. The Hall–Kier alpha value is -4.78. The average molecular weight is 510 g/mol. The highest BCUT2D eigenvalue weighted by Gasteiger charge is 2.26. The first-order valence-electron chi connectivity index (χ1n) is 12.5. The summed E-state index contributed by atoms with van der Waals surface area (Å²) in [6.45, 7) is 2.00. The maximum absolute atomic E-state index is 12.9. The number of hydrogen-bond donors (Lipinski definition) is 4. The van der Waals surface area contributed by atoms with Crippen LogP contribution in [0.5, 0.6) is 5.75 Å². The molecule has 2 atom stereocenters. The van der Waals surface area contributed by atoms with Crippen LogP contribution in [-0.2, 0) is 9.53 Å². The van der Waals surface area contributed by atoms with Crippen LogP contribution in [0.3, 0.4) is 0 Å². The minimum absolute atomic E-state index is 0.0954. The molecule has 194 valence electrons. The first kappa shape index (κ1) is 26.3. The number of phenolic OH excluding ortho intramolecular Hbond substituents is 1. The van der Waals surface area contributed by atoms with Crippen LogP contribution >= 0.6 is 0 Å². The smallest absolute Gasteiger partial charge is 0.412 e. The van der Waals surface area contributed by atoms with Crippen molar-refractivity contribution in [2.24, 2.45) is 5.92 Å². The summed E-state index contributed by atoms with van der Waals surface area (Å²) in [6.07, 6.45) is 3.36. The Kier molecular flexibility index (Phi) is 8.61. The molecule has 0 saturated carbocycles. The highest BCUT2D eigenvalue weighted by molar-refractivity contribution is 6.01. The molecule has 7 heteroatoms. The molecule has 0 aliphatic rings. The SMILES string of the molecule is C[C@H](CC/C=C/C(=O)Nc1ccccc1N)[C@H](OC(=O)Nc1ccccc1)c1ccc(O)c2ccccc12. The van der Waals surface area contributed by atoms with Crippen LogP contribution in [0.25, 0.3) is 10.8 Å². The minimum Gasteiger partial charge on any atom is -0.507 e. The number of aromatic hydroxyl groups is 1. The molecule has 0 aromatic heterocycles. The number of ether oxygens (including phenoxy) is 1. The number of carbonyl (C=O) groups is 2. The van der Waals surface area contributed by atoms with Crippen molar-refractivity contribution in [3.63, 3.8) is 0 Å². The summed E-state index contributed by atoms with van der Waals surface area (Å²) in [4.78, 5) is 25.2. The number of nitrogens with two attached hydrogens (primary N) is 1. The summed E-state index contributed by atoms with van der Waals surface area (Å²) in [5.74, 6) is -0.199. The molecular formula is C31H31N3O4. The molecule has 0 fully saturated rings. The third-order valence-corrected chi connectivity index (χ3v) is 6.29. The van der Waals surface area contributed by atoms with E-state index in [9.17, 15) is 14.7 Å². The summed E-state index contributed by atoms with van der Waals surface area (Å²) < 4.78 is 5.97. The van der Waals surface area contributed by atoms with E-state index < -0.39 is 12.2 Å². The lowest BCUT2D eigenvalue weighted by molar-refractivity contribution is -0.111. The number of para-hydroxylation sites is 3. The average Bonchev–Trinajstić information content (AvgIpc) is 2.92. The van der Waals surface area contributed by atoms with Gasteiger partial charge in [-0.2, -0.15) is 0 Å². The molecule has 0 saturated heterocycles. The normalized spacial score (nSPS) is 12.7. The minimum atomic E-state index is -0.587. The number of benzene rings is 4. The number of amides is 2. The molecule has 0 aliphatic carbocycles. The van der Waals surface area contributed by atoms with Gasteiger partial charge in [0.05, 0.1) is 11.4 Å². The fourth-order valence-electron chi connectivity index (χ4n) is 4.31. The van der Waals surface area contributed by atoms with Crippen molar-refractivity contribution in [1.82, 2.24) is 0 Å². The van der Waals surface area contributed by atoms with E-state index in [0.29, 0.717) is 35.3 Å². The number of carbonyl (C=O) groups excluding carboxylic acids is 2. The van der Waals surface area contributed by atoms with Gasteiger partial charge in [-0.3, -0.25) is 10.1 Å². The number of anilines is 3. The van der Waals surface area contributed by atoms with Crippen LogP contribution in [0.15, 0.2) is 103 Å². The first-order valence-corrected chi connectivity index (χ1v) is 12.5. The molecule has 0 heterocycles. The van der Waals surface area contributed by atoms with E-state index in [1.54, 1.807) is 54.6 Å². The van der Waals surface area contributed by atoms with Gasteiger partial charge in [0.2, 0.25) is 5.91 Å². The van der Waals surface area contributed by atoms with Crippen LogP contribution in [0.2, 0.25) is 0 Å². The van der Waals surface area contributed by atoms with Gasteiger partial charge in [-0.15, -0.1) is 0 Å². The molecule has 5 N–H and O–H groups in total. The van der Waals surface area contributed by atoms with E-state index in [4.69, 9.17) is 10.5 Å². The lowest BCUT2D eigenvalue weighted by Crippen LogP contribution is -2.22. The lowest BCUT2D eigenvalue weighted by Gasteiger charge is -2.26. The number of nitrogen functional groups attached to an aromatic ring is 1. The predicted molar refractivity (Wildman–Crippen MR) is 152 cm³/mol. The second-order valence-electron chi connectivity index (χ2n) is 9.07. The van der Waals surface area contributed by atoms with Crippen molar-refractivity contribution < 1.29 is 19.4 Å². The molecule has 4 rings (SSSR count). The molecule has 0 unspecified atom stereocenters. The van der Waals surface area contributed by atoms with Gasteiger partial charge < -0.3 is 20.9 Å². The highest BCUT2D eigenvalue weighted by Crippen LogP contribution is 2.37. The van der Waals surface area contributed by atoms with Gasteiger partial charge in [0, 0.05) is 16.6 Å². The molecule has 38 heavy (non-hydrogen) atoms. The van der Waals surface area contributed by atoms with E-state index in [1.165, 1.54) is 6.08 Å². The Morgan fingerprint density at radius 2 is 1.58 bits per heavy atom. The van der Waals surface area contributed by atoms with Crippen LogP contribution < -0.4 is 16.4 Å². The Bertz CT molecular complexity index is 1440. The van der Waals surface area contributed by atoms with Crippen LogP contribution in [0.1, 0.15) is 31.4 Å². The standard InChI is InChI=1S/C31H31N3O4/c1-21(11-5-10-18-29(36)34-27-17-9-8-16-26(27)32)30(38-31(37)33-22-12-3-2-4-13-22)25-19-20-28(35)24-15-7-6-14-23(24)25/h2-4,6-10,12-21,30,35H,5,11,32H2,1H3,(H,33,37)(H,34,36)/b18-10+/t21-,30+/m1/s1. The zero-order chi connectivity index (χ0) is 26.9. The van der Waals surface area contributed by atoms with Crippen LogP contribution in [0, 0.1) is 5.92 Å². The number of hydrogen-bond acceptors (Lipinski definition) is 5. The Morgan fingerprint density at radius 3 is 2.34 bits per heavy atom. The largest absolute Gasteiger partial charge is 0.507 e. The maximum Gasteiger partial charge on any atom is 0.412 e. The zero-order valence-corrected chi connectivity index (χ0v) is 21.1. The quantitative estimate of drug-likeness (QED) is 0.143. The zero-order valence-electron chi connectivity index (χ0n) is 21.1. The van der Waals surface area contributed by atoms with Gasteiger partial charge in [0.15, 0.2) is 0 Å². The van der Waals surface area contributed by atoms with Gasteiger partial charge in [-0.1, -0.05) is 73.7 Å². The lowest BCUT2D eigenvalue weighted by atomic mass is 9.89. The molecule has 4 aromatic rings. The molecule has 2 amide bonds. The summed E-state index contributed by atoms with van der Waals surface area (Å²) in [5, 5.41) is 17.4. The summed E-state index contributed by atoms with van der Waals surface area (Å²) in [6, 6.07) is 27.1. The van der Waals surface area contributed by atoms with Gasteiger partial charge in [0.25, 0.3) is 0 Å². The van der Waals surface area contributed by atoms with E-state index in [1.807, 2.05) is 49.4 Å². The molecule has 4 aromatic carbocycles. The molecular weight excluding hydrogens is 478 g/mol. The van der Waals surface area contributed by atoms with Crippen molar-refractivity contribution in [2.45, 2.75) is 25.9 Å². The predicted octanol–water partition coefficient (Wildman–Crippen LogP) is 7.03. The molecule has 0 spiro atoms. The Morgan fingerprint density at radius 1 is 0.895 bits per heavy atom. The molecule has 0 aliphatic heterocycles. The topological polar surface area (TPSA) is 114 Å². The monoisotopic (exact) mass is 509 g/mol. The summed E-state index contributed by atoms with van der Waals surface area (Å²) in [5.41, 5.74) is 8.38. The fraction of sp³-hybridized carbons (Fsp3) is 0.161. The second-order valence-corrected chi connectivity index (χ2v) is 9.07. The van der Waals surface area contributed by atoms with Gasteiger partial charge in [0.1, 0.15) is 11.9 Å². The number of nitrogens with one attached hydrogen (secondary N) is 2. The fourth-order valence-corrected chi connectivity index (χ4v) is 4.31. The van der Waals surface area contributed by atoms with Crippen LogP contribution in [0.4, 0.5) is 21.9 Å². The third kappa shape index (κ3) is 6.70. The highest BCUT2D eigenvalue weighted by atomic mass is 16.6. The van der Waals surface area contributed by atoms with Crippen molar-refractivity contribution in [3.8, 4) is 5.75 Å². The molecule has 0 bridgehead atoms. The number of rotatable bonds is 9. The van der Waals surface area contributed by atoms with Crippen molar-refractivity contribution >= 4 is 39.8 Å². The van der Waals surface area contributed by atoms with Crippen molar-refractivity contribution in [2.75, 3.05) is 16.4 Å². The van der Waals surface area contributed by atoms with Crippen molar-refractivity contribution in [3.05, 3.63) is 109 Å². The van der Waals surface area contributed by atoms with E-state index >= 15 is 0 Å². The van der Waals surface area contributed by atoms with E-state index in [-0.39, 0.29) is 17.6 Å². The maximum atomic E-state index is 12.9. The molecule has 7 nitrogen and oxygen atoms in total. The van der Waals surface area contributed by atoms with Crippen molar-refractivity contribution in [1.29, 1.82) is 0 Å². The Balaban J connectivity index is 1.48. The number of fused-ring (bicyclic) bond motifs is 1. The van der Waals surface area contributed by atoms with Gasteiger partial charge >= 0.3 is 6.09 Å². The summed E-state index contributed by atoms with van der Waals surface area (Å²) in [7, 11) is 0. The van der Waals surface area contributed by atoms with E-state index in [2.05, 4.69) is 10.6 Å². The third-order valence-electron chi connectivity index (χ3n) is 6.29. The second kappa shape index (κ2) is 12.5. The molecule has 0 radical (unpaired) electrons. The van der Waals surface area contributed by atoms with E-state index in [0.717, 1.165) is 10.9 Å². The van der Waals surface area contributed by atoms with Crippen LogP contribution in [-0.4, -0.2) is 17.1 Å². The van der Waals surface area contributed by atoms with Gasteiger partial charge in [-0.05, 0) is 60.6 Å². The number of allylic oxidation sites excluding steroid dienone is 1. The van der Waals surface area contributed by atoms with Gasteiger partial charge in [-0.25, -0.2) is 4.79 Å².